The number of aliphatic hydroxyl groups is 1. The molecule has 0 aliphatic carbocycles. The van der Waals surface area contributed by atoms with Crippen LogP contribution < -0.4 is 0 Å². The van der Waals surface area contributed by atoms with E-state index in [-0.39, 0.29) is 30.6 Å². The number of hydrogen-bond acceptors (Lipinski definition) is 4. The van der Waals surface area contributed by atoms with Gasteiger partial charge in [0.1, 0.15) is 0 Å². The predicted molar refractivity (Wildman–Crippen MR) is 110 cm³/mol. The fraction of sp³-hybridized carbons (Fsp3) is 0.522. The summed E-state index contributed by atoms with van der Waals surface area (Å²) in [6.45, 7) is 8.41. The number of hydrogen-bond donors (Lipinski definition) is 1. The molecular weight excluding hydrogens is 352 g/mol. The van der Waals surface area contributed by atoms with Gasteiger partial charge in [-0.15, -0.1) is 0 Å². The van der Waals surface area contributed by atoms with Crippen LogP contribution in [0.3, 0.4) is 0 Å². The molecule has 0 unspecified atom stereocenters. The van der Waals surface area contributed by atoms with Crippen molar-refractivity contribution < 1.29 is 14.6 Å². The number of ether oxygens (including phenoxy) is 1. The number of carbonyl (C=O) groups excluding carboxylic acids is 1. The standard InChI is InChI=1S/C23H30N2O3/c1-16-10-24(11-17(2)28-16)12-21-13-25(14-22(21)15-26)23(27)20-8-7-18-5-3-4-6-19(18)9-20/h3-9,16-17,21-22,26H,10-15H2,1-2H3/t16-,17+,21-,22-/m1/s1. The van der Waals surface area contributed by atoms with Crippen molar-refractivity contribution in [1.82, 2.24) is 9.80 Å². The predicted octanol–water partition coefficient (Wildman–Crippen LogP) is 2.63. The summed E-state index contributed by atoms with van der Waals surface area (Å²) in [7, 11) is 0. The number of rotatable bonds is 4. The molecule has 28 heavy (non-hydrogen) atoms. The van der Waals surface area contributed by atoms with Crippen molar-refractivity contribution in [3.05, 3.63) is 48.0 Å². The molecule has 2 aliphatic rings. The Balaban J connectivity index is 1.45. The van der Waals surface area contributed by atoms with E-state index >= 15 is 0 Å². The van der Waals surface area contributed by atoms with Gasteiger partial charge in [0.15, 0.2) is 0 Å². The molecule has 0 spiro atoms. The summed E-state index contributed by atoms with van der Waals surface area (Å²) in [4.78, 5) is 17.5. The summed E-state index contributed by atoms with van der Waals surface area (Å²) in [6.07, 6.45) is 0.459. The maximum absolute atomic E-state index is 13.1. The molecule has 150 valence electrons. The van der Waals surface area contributed by atoms with Gasteiger partial charge >= 0.3 is 0 Å². The zero-order valence-electron chi connectivity index (χ0n) is 16.8. The number of likely N-dealkylation sites (tertiary alicyclic amines) is 1. The van der Waals surface area contributed by atoms with E-state index < -0.39 is 0 Å². The number of fused-ring (bicyclic) bond motifs is 1. The summed E-state index contributed by atoms with van der Waals surface area (Å²) in [5, 5.41) is 12.1. The molecule has 1 amide bonds. The zero-order valence-corrected chi connectivity index (χ0v) is 16.8. The van der Waals surface area contributed by atoms with Gasteiger partial charge in [0, 0.05) is 50.8 Å². The van der Waals surface area contributed by atoms with Crippen LogP contribution in [0, 0.1) is 11.8 Å². The second kappa shape index (κ2) is 8.19. The maximum Gasteiger partial charge on any atom is 0.253 e. The minimum absolute atomic E-state index is 0.0652. The first-order chi connectivity index (χ1) is 13.5. The van der Waals surface area contributed by atoms with Gasteiger partial charge in [-0.3, -0.25) is 9.69 Å². The number of benzene rings is 2. The molecule has 5 heteroatoms. The first kappa shape index (κ1) is 19.4. The molecule has 2 aromatic carbocycles. The minimum atomic E-state index is 0.0652. The van der Waals surface area contributed by atoms with Crippen LogP contribution in [-0.4, -0.2) is 72.4 Å². The summed E-state index contributed by atoms with van der Waals surface area (Å²) < 4.78 is 5.83. The number of aliphatic hydroxyl groups excluding tert-OH is 1. The summed E-state index contributed by atoms with van der Waals surface area (Å²) in [5.41, 5.74) is 0.727. The number of carbonyl (C=O) groups is 1. The smallest absolute Gasteiger partial charge is 0.253 e. The van der Waals surface area contributed by atoms with Crippen molar-refractivity contribution >= 4 is 16.7 Å². The van der Waals surface area contributed by atoms with Crippen LogP contribution in [0.15, 0.2) is 42.5 Å². The number of amides is 1. The van der Waals surface area contributed by atoms with Gasteiger partial charge in [0.25, 0.3) is 5.91 Å². The Morgan fingerprint density at radius 3 is 2.39 bits per heavy atom. The lowest BCUT2D eigenvalue weighted by Crippen LogP contribution is -2.48. The Morgan fingerprint density at radius 2 is 1.68 bits per heavy atom. The van der Waals surface area contributed by atoms with Crippen molar-refractivity contribution in [3.8, 4) is 0 Å². The zero-order chi connectivity index (χ0) is 19.7. The highest BCUT2D eigenvalue weighted by Gasteiger charge is 2.37. The fourth-order valence-electron chi connectivity index (χ4n) is 4.79. The van der Waals surface area contributed by atoms with Gasteiger partial charge in [0.05, 0.1) is 12.2 Å². The van der Waals surface area contributed by atoms with Gasteiger partial charge < -0.3 is 14.7 Å². The number of morpholine rings is 1. The lowest BCUT2D eigenvalue weighted by atomic mass is 9.96. The molecular formula is C23H30N2O3. The highest BCUT2D eigenvalue weighted by atomic mass is 16.5. The lowest BCUT2D eigenvalue weighted by Gasteiger charge is -2.37. The molecule has 4 atom stereocenters. The van der Waals surface area contributed by atoms with Gasteiger partial charge in [-0.05, 0) is 42.7 Å². The van der Waals surface area contributed by atoms with Crippen molar-refractivity contribution in [3.63, 3.8) is 0 Å². The Morgan fingerprint density at radius 1 is 1.00 bits per heavy atom. The molecule has 4 rings (SSSR count). The fourth-order valence-corrected chi connectivity index (χ4v) is 4.79. The molecule has 2 heterocycles. The number of nitrogens with zero attached hydrogens (tertiary/aromatic N) is 2. The largest absolute Gasteiger partial charge is 0.396 e. The Hall–Kier alpha value is -1.95. The average molecular weight is 383 g/mol. The lowest BCUT2D eigenvalue weighted by molar-refractivity contribution is -0.0726. The van der Waals surface area contributed by atoms with E-state index in [9.17, 15) is 9.90 Å². The van der Waals surface area contributed by atoms with Crippen molar-refractivity contribution in [1.29, 1.82) is 0 Å². The van der Waals surface area contributed by atoms with Gasteiger partial charge in [-0.1, -0.05) is 30.3 Å². The summed E-state index contributed by atoms with van der Waals surface area (Å²) in [6, 6.07) is 14.0. The highest BCUT2D eigenvalue weighted by Crippen LogP contribution is 2.27. The Labute approximate surface area is 166 Å². The van der Waals surface area contributed by atoms with Crippen LogP contribution in [0.2, 0.25) is 0 Å². The van der Waals surface area contributed by atoms with E-state index in [2.05, 4.69) is 24.8 Å². The summed E-state index contributed by atoms with van der Waals surface area (Å²) >= 11 is 0. The van der Waals surface area contributed by atoms with Crippen molar-refractivity contribution in [2.24, 2.45) is 11.8 Å². The van der Waals surface area contributed by atoms with Gasteiger partial charge in [-0.2, -0.15) is 0 Å². The minimum Gasteiger partial charge on any atom is -0.396 e. The molecule has 2 fully saturated rings. The monoisotopic (exact) mass is 382 g/mol. The Kier molecular flexibility index (Phi) is 5.67. The van der Waals surface area contributed by atoms with E-state index in [1.165, 1.54) is 0 Å². The molecule has 0 bridgehead atoms. The van der Waals surface area contributed by atoms with Gasteiger partial charge in [0.2, 0.25) is 0 Å². The molecule has 1 N–H and O–H groups in total. The molecule has 2 aliphatic heterocycles. The van der Waals surface area contributed by atoms with Gasteiger partial charge in [-0.25, -0.2) is 0 Å². The van der Waals surface area contributed by atoms with E-state index in [1.807, 2.05) is 41.3 Å². The molecule has 0 radical (unpaired) electrons. The molecule has 5 nitrogen and oxygen atoms in total. The molecule has 0 aromatic heterocycles. The van der Waals surface area contributed by atoms with Crippen LogP contribution >= 0.6 is 0 Å². The third kappa shape index (κ3) is 4.07. The normalized spacial score (nSPS) is 28.8. The molecule has 2 saturated heterocycles. The van der Waals surface area contributed by atoms with Crippen molar-refractivity contribution in [2.45, 2.75) is 26.1 Å². The van der Waals surface area contributed by atoms with E-state index in [1.54, 1.807) is 0 Å². The van der Waals surface area contributed by atoms with Crippen LogP contribution in [0.25, 0.3) is 10.8 Å². The van der Waals surface area contributed by atoms with Crippen LogP contribution in [0.5, 0.6) is 0 Å². The first-order valence-corrected chi connectivity index (χ1v) is 10.3. The third-order valence-electron chi connectivity index (χ3n) is 6.08. The highest BCUT2D eigenvalue weighted by molar-refractivity contribution is 5.98. The average Bonchev–Trinajstić information content (AvgIpc) is 3.09. The van der Waals surface area contributed by atoms with E-state index in [0.717, 1.165) is 36.0 Å². The van der Waals surface area contributed by atoms with Crippen LogP contribution in [-0.2, 0) is 4.74 Å². The van der Waals surface area contributed by atoms with E-state index in [4.69, 9.17) is 4.74 Å². The third-order valence-corrected chi connectivity index (χ3v) is 6.08. The Bertz CT molecular complexity index is 829. The molecule has 0 saturated carbocycles. The van der Waals surface area contributed by atoms with Crippen LogP contribution in [0.1, 0.15) is 24.2 Å². The topological polar surface area (TPSA) is 53.0 Å². The second-order valence-corrected chi connectivity index (χ2v) is 8.45. The molecule has 2 aromatic rings. The maximum atomic E-state index is 13.1. The van der Waals surface area contributed by atoms with Crippen molar-refractivity contribution in [2.75, 3.05) is 39.3 Å². The second-order valence-electron chi connectivity index (χ2n) is 8.45. The quantitative estimate of drug-likeness (QED) is 0.883. The summed E-state index contributed by atoms with van der Waals surface area (Å²) in [5.74, 6) is 0.500. The van der Waals surface area contributed by atoms with Crippen LogP contribution in [0.4, 0.5) is 0 Å². The SMILES string of the molecule is C[C@@H]1CN(C[C@@H]2CN(C(=O)c3ccc4ccccc4c3)C[C@@H]2CO)C[C@H](C)O1. The van der Waals surface area contributed by atoms with E-state index in [0.29, 0.717) is 19.0 Å². The first-order valence-electron chi connectivity index (χ1n) is 10.3.